The second-order valence-electron chi connectivity index (χ2n) is 3.49. The van der Waals surface area contributed by atoms with E-state index in [9.17, 15) is 4.79 Å². The van der Waals surface area contributed by atoms with Crippen LogP contribution in [0.3, 0.4) is 0 Å². The molecule has 0 heterocycles. The number of benzene rings is 1. The van der Waals surface area contributed by atoms with Gasteiger partial charge >= 0.3 is 5.97 Å². The highest BCUT2D eigenvalue weighted by Gasteiger charge is 2.15. The van der Waals surface area contributed by atoms with Crippen molar-refractivity contribution in [1.82, 2.24) is 0 Å². The van der Waals surface area contributed by atoms with Gasteiger partial charge in [-0.25, -0.2) is 4.79 Å². The molecule has 1 aromatic rings. The van der Waals surface area contributed by atoms with E-state index >= 15 is 0 Å². The fourth-order valence-corrected chi connectivity index (χ4v) is 1.55. The molecule has 0 aromatic heterocycles. The third kappa shape index (κ3) is 2.47. The van der Waals surface area contributed by atoms with Crippen molar-refractivity contribution < 1.29 is 14.3 Å². The van der Waals surface area contributed by atoms with E-state index in [0.717, 1.165) is 22.4 Å². The molecular weight excluding hydrogens is 228 g/mol. The predicted octanol–water partition coefficient (Wildman–Crippen LogP) is 2.83. The monoisotopic (exact) mass is 244 g/mol. The van der Waals surface area contributed by atoms with Gasteiger partial charge in [0.1, 0.15) is 5.75 Å². The van der Waals surface area contributed by atoms with Gasteiger partial charge in [0.25, 0.3) is 0 Å². The molecule has 0 aliphatic rings. The van der Waals surface area contributed by atoms with Crippen LogP contribution in [0.1, 0.15) is 27.0 Å². The Balaban J connectivity index is 0.00000225. The average Bonchev–Trinajstić information content (AvgIpc) is 2.25. The Morgan fingerprint density at radius 1 is 1.06 bits per heavy atom. The minimum absolute atomic E-state index is 0. The molecule has 0 N–H and O–H groups in total. The summed E-state index contributed by atoms with van der Waals surface area (Å²) in [5.41, 5.74) is 3.63. The molecule has 0 fully saturated rings. The van der Waals surface area contributed by atoms with Crippen molar-refractivity contribution in [2.24, 2.45) is 0 Å². The summed E-state index contributed by atoms with van der Waals surface area (Å²) in [5, 5.41) is 0. The van der Waals surface area contributed by atoms with E-state index < -0.39 is 0 Å². The highest BCUT2D eigenvalue weighted by Crippen LogP contribution is 2.27. The molecule has 90 valence electrons. The topological polar surface area (TPSA) is 35.5 Å². The molecule has 0 unspecified atom stereocenters. The molecule has 16 heavy (non-hydrogen) atoms. The van der Waals surface area contributed by atoms with Crippen LogP contribution in [0.5, 0.6) is 5.75 Å². The minimum Gasteiger partial charge on any atom is -0.496 e. The van der Waals surface area contributed by atoms with Gasteiger partial charge in [-0.15, -0.1) is 12.4 Å². The van der Waals surface area contributed by atoms with Crippen LogP contribution in [0.25, 0.3) is 0 Å². The summed E-state index contributed by atoms with van der Waals surface area (Å²) in [6, 6.07) is 1.73. The molecule has 4 heteroatoms. The zero-order valence-corrected chi connectivity index (χ0v) is 11.0. The highest BCUT2D eigenvalue weighted by molar-refractivity contribution is 5.92. The molecular formula is C12H17ClO3. The summed E-state index contributed by atoms with van der Waals surface area (Å²) in [4.78, 5) is 11.5. The van der Waals surface area contributed by atoms with E-state index in [4.69, 9.17) is 9.47 Å². The molecule has 0 bridgehead atoms. The number of hydrogen-bond acceptors (Lipinski definition) is 3. The maximum atomic E-state index is 11.5. The van der Waals surface area contributed by atoms with Crippen LogP contribution < -0.4 is 4.74 Å². The number of carbonyl (C=O) groups excluding carboxylic acids is 1. The summed E-state index contributed by atoms with van der Waals surface area (Å²) >= 11 is 0. The fraction of sp³-hybridized carbons (Fsp3) is 0.417. The first-order valence-electron chi connectivity index (χ1n) is 4.76. The zero-order chi connectivity index (χ0) is 11.6. The Hall–Kier alpha value is -1.22. The predicted molar refractivity (Wildman–Crippen MR) is 65.8 cm³/mol. The Labute approximate surface area is 102 Å². The van der Waals surface area contributed by atoms with E-state index in [1.54, 1.807) is 13.2 Å². The number of hydrogen-bond donors (Lipinski definition) is 0. The maximum Gasteiger partial charge on any atom is 0.338 e. The second-order valence-corrected chi connectivity index (χ2v) is 3.49. The summed E-state index contributed by atoms with van der Waals surface area (Å²) in [6.45, 7) is 5.86. The van der Waals surface area contributed by atoms with Crippen LogP contribution in [0.4, 0.5) is 0 Å². The van der Waals surface area contributed by atoms with E-state index in [0.29, 0.717) is 5.56 Å². The van der Waals surface area contributed by atoms with Gasteiger partial charge in [0.2, 0.25) is 0 Å². The third-order valence-electron chi connectivity index (χ3n) is 2.80. The van der Waals surface area contributed by atoms with Gasteiger partial charge in [-0.05, 0) is 43.5 Å². The SMILES string of the molecule is COC(=O)c1cc(OC)c(C)c(C)c1C.Cl. The van der Waals surface area contributed by atoms with Crippen LogP contribution >= 0.6 is 12.4 Å². The Bertz CT molecular complexity index is 400. The highest BCUT2D eigenvalue weighted by atomic mass is 35.5. The van der Waals surface area contributed by atoms with Gasteiger partial charge in [-0.3, -0.25) is 0 Å². The van der Waals surface area contributed by atoms with Gasteiger partial charge < -0.3 is 9.47 Å². The summed E-state index contributed by atoms with van der Waals surface area (Å²) in [5.74, 6) is 0.396. The Morgan fingerprint density at radius 3 is 2.06 bits per heavy atom. The van der Waals surface area contributed by atoms with Crippen molar-refractivity contribution in [3.05, 3.63) is 28.3 Å². The molecule has 0 aliphatic carbocycles. The lowest BCUT2D eigenvalue weighted by atomic mass is 9.98. The van der Waals surface area contributed by atoms with Gasteiger partial charge in [-0.2, -0.15) is 0 Å². The number of methoxy groups -OCH3 is 2. The number of halogens is 1. The third-order valence-corrected chi connectivity index (χ3v) is 2.80. The van der Waals surface area contributed by atoms with Crippen molar-refractivity contribution in [2.75, 3.05) is 14.2 Å². The lowest BCUT2D eigenvalue weighted by Crippen LogP contribution is -2.07. The van der Waals surface area contributed by atoms with Gasteiger partial charge in [0, 0.05) is 0 Å². The molecule has 1 aromatic carbocycles. The van der Waals surface area contributed by atoms with Crippen LogP contribution in [0, 0.1) is 20.8 Å². The lowest BCUT2D eigenvalue weighted by molar-refractivity contribution is 0.0599. The molecule has 0 radical (unpaired) electrons. The minimum atomic E-state index is -0.325. The first-order valence-corrected chi connectivity index (χ1v) is 4.76. The Morgan fingerprint density at radius 2 is 1.62 bits per heavy atom. The first kappa shape index (κ1) is 14.8. The standard InChI is InChI=1S/C12H16O3.ClH/c1-7-8(2)10(12(13)15-5)6-11(14-4)9(7)3;/h6H,1-5H3;1H. The second kappa shape index (κ2) is 5.75. The smallest absolute Gasteiger partial charge is 0.338 e. The molecule has 0 atom stereocenters. The van der Waals surface area contributed by atoms with Crippen LogP contribution in [0.15, 0.2) is 6.07 Å². The summed E-state index contributed by atoms with van der Waals surface area (Å²) < 4.78 is 9.93. The fourth-order valence-electron chi connectivity index (χ4n) is 1.55. The molecule has 0 saturated carbocycles. The quantitative estimate of drug-likeness (QED) is 0.751. The largest absolute Gasteiger partial charge is 0.496 e. The lowest BCUT2D eigenvalue weighted by Gasteiger charge is -2.13. The van der Waals surface area contributed by atoms with Gasteiger partial charge in [0.05, 0.1) is 19.8 Å². The molecule has 0 spiro atoms. The molecule has 0 saturated heterocycles. The summed E-state index contributed by atoms with van der Waals surface area (Å²) in [7, 11) is 2.97. The van der Waals surface area contributed by atoms with Crippen LogP contribution in [0.2, 0.25) is 0 Å². The van der Waals surface area contributed by atoms with Crippen molar-refractivity contribution >= 4 is 18.4 Å². The van der Waals surface area contributed by atoms with Gasteiger partial charge in [-0.1, -0.05) is 0 Å². The number of carbonyl (C=O) groups is 1. The van der Waals surface area contributed by atoms with Gasteiger partial charge in [0.15, 0.2) is 0 Å². The average molecular weight is 245 g/mol. The molecule has 3 nitrogen and oxygen atoms in total. The zero-order valence-electron chi connectivity index (χ0n) is 10.2. The normalized spacial score (nSPS) is 9.31. The van der Waals surface area contributed by atoms with Crippen molar-refractivity contribution in [1.29, 1.82) is 0 Å². The maximum absolute atomic E-state index is 11.5. The molecule has 0 aliphatic heterocycles. The van der Waals surface area contributed by atoms with Crippen LogP contribution in [-0.4, -0.2) is 20.2 Å². The summed E-state index contributed by atoms with van der Waals surface area (Å²) in [6.07, 6.45) is 0. The van der Waals surface area contributed by atoms with Crippen molar-refractivity contribution in [3.8, 4) is 5.75 Å². The Kier molecular flexibility index (Phi) is 5.31. The van der Waals surface area contributed by atoms with Crippen molar-refractivity contribution in [3.63, 3.8) is 0 Å². The van der Waals surface area contributed by atoms with E-state index in [1.807, 2.05) is 20.8 Å². The first-order chi connectivity index (χ1) is 7.02. The number of ether oxygens (including phenoxy) is 2. The molecule has 1 rings (SSSR count). The van der Waals surface area contributed by atoms with E-state index in [2.05, 4.69) is 0 Å². The van der Waals surface area contributed by atoms with E-state index in [-0.39, 0.29) is 18.4 Å². The number of rotatable bonds is 2. The number of esters is 1. The van der Waals surface area contributed by atoms with Crippen LogP contribution in [-0.2, 0) is 4.74 Å². The van der Waals surface area contributed by atoms with Crippen molar-refractivity contribution in [2.45, 2.75) is 20.8 Å². The molecule has 0 amide bonds. The van der Waals surface area contributed by atoms with E-state index in [1.165, 1.54) is 7.11 Å².